The minimum absolute atomic E-state index is 0.0132. The molecule has 0 radical (unpaired) electrons. The van der Waals surface area contributed by atoms with Crippen LogP contribution in [0.1, 0.15) is 46.5 Å². The molecule has 1 fully saturated rings. The molecule has 5 heterocycles. The van der Waals surface area contributed by atoms with Gasteiger partial charge in [-0.3, -0.25) is 19.4 Å². The lowest BCUT2D eigenvalue weighted by Gasteiger charge is -2.37. The molecule has 0 saturated carbocycles. The quantitative estimate of drug-likeness (QED) is 0.293. The molecule has 2 amide bonds. The van der Waals surface area contributed by atoms with Gasteiger partial charge in [0.25, 0.3) is 11.5 Å². The summed E-state index contributed by atoms with van der Waals surface area (Å²) in [5.74, 6) is -0.753. The van der Waals surface area contributed by atoms with Gasteiger partial charge in [-0.15, -0.1) is 5.10 Å². The van der Waals surface area contributed by atoms with Gasteiger partial charge in [0.1, 0.15) is 18.0 Å². The second-order valence-corrected chi connectivity index (χ2v) is 12.0. The van der Waals surface area contributed by atoms with Gasteiger partial charge in [-0.1, -0.05) is 24.6 Å². The number of rotatable bonds is 7. The molecule has 0 aliphatic carbocycles. The van der Waals surface area contributed by atoms with Gasteiger partial charge in [0.05, 0.1) is 46.4 Å². The van der Waals surface area contributed by atoms with E-state index in [1.54, 1.807) is 16.4 Å². The number of pyridine rings is 1. The van der Waals surface area contributed by atoms with Crippen LogP contribution in [0, 0.1) is 6.92 Å². The number of hydrogen-bond acceptors (Lipinski definition) is 9. The second kappa shape index (κ2) is 13.5. The lowest BCUT2D eigenvalue weighted by Crippen LogP contribution is -2.51. The highest BCUT2D eigenvalue weighted by molar-refractivity contribution is 6.33. The van der Waals surface area contributed by atoms with E-state index in [1.165, 1.54) is 12.3 Å². The predicted octanol–water partition coefficient (Wildman–Crippen LogP) is 3.94. The molecule has 0 spiro atoms. The van der Waals surface area contributed by atoms with E-state index in [0.29, 0.717) is 43.3 Å². The summed E-state index contributed by atoms with van der Waals surface area (Å²) in [6, 6.07) is 4.09. The summed E-state index contributed by atoms with van der Waals surface area (Å²) in [6.45, 7) is 4.88. The van der Waals surface area contributed by atoms with Crippen LogP contribution >= 0.6 is 11.6 Å². The highest BCUT2D eigenvalue weighted by Gasteiger charge is 2.32. The van der Waals surface area contributed by atoms with Gasteiger partial charge in [0.2, 0.25) is 11.7 Å². The number of piperazine rings is 1. The first kappa shape index (κ1) is 33.9. The van der Waals surface area contributed by atoms with Crippen LogP contribution in [-0.2, 0) is 28.7 Å². The summed E-state index contributed by atoms with van der Waals surface area (Å²) in [6.07, 6.45) is -0.504. The SMILES string of the molecule is CCc1c(N2CCN(C(=O)c3ccnc(C)c3O)CC2)c(=O)n2nc(C3=CCOCC3)nc2n1CC(=O)Nc1ccc(C(F)(F)F)cc1Cl. The molecule has 3 aromatic heterocycles. The van der Waals surface area contributed by atoms with Crippen LogP contribution in [0.15, 0.2) is 41.3 Å². The number of nitrogens with one attached hydrogen (secondary N) is 1. The van der Waals surface area contributed by atoms with Crippen LogP contribution in [0.5, 0.6) is 5.75 Å². The highest BCUT2D eigenvalue weighted by Crippen LogP contribution is 2.34. The zero-order valence-electron chi connectivity index (χ0n) is 26.6. The van der Waals surface area contributed by atoms with E-state index in [9.17, 15) is 32.7 Å². The number of anilines is 2. The van der Waals surface area contributed by atoms with E-state index in [1.807, 2.05) is 17.9 Å². The van der Waals surface area contributed by atoms with Crippen molar-refractivity contribution in [2.45, 2.75) is 39.4 Å². The van der Waals surface area contributed by atoms with Crippen LogP contribution in [-0.4, -0.2) is 85.4 Å². The molecule has 13 nitrogen and oxygen atoms in total. The van der Waals surface area contributed by atoms with Crippen LogP contribution in [0.3, 0.4) is 0 Å². The first-order valence-corrected chi connectivity index (χ1v) is 15.9. The van der Waals surface area contributed by atoms with Crippen molar-refractivity contribution < 1.29 is 32.6 Å². The monoisotopic (exact) mass is 700 g/mol. The van der Waals surface area contributed by atoms with Crippen molar-refractivity contribution in [1.82, 2.24) is 29.0 Å². The number of hydrogen-bond donors (Lipinski definition) is 2. The number of nitrogens with zero attached hydrogens (tertiary/aromatic N) is 7. The molecule has 0 unspecified atom stereocenters. The average molecular weight is 701 g/mol. The average Bonchev–Trinajstić information content (AvgIpc) is 3.54. The number of carbonyl (C=O) groups excluding carboxylic acids is 2. The molecule has 1 saturated heterocycles. The Morgan fingerprint density at radius 2 is 1.90 bits per heavy atom. The van der Waals surface area contributed by atoms with Gasteiger partial charge < -0.3 is 29.5 Å². The number of fused-ring (bicyclic) bond motifs is 1. The number of ether oxygens (including phenoxy) is 1. The number of aryl methyl sites for hydroxylation is 1. The topological polar surface area (TPSA) is 147 Å². The van der Waals surface area contributed by atoms with Gasteiger partial charge >= 0.3 is 6.18 Å². The molecular weight excluding hydrogens is 669 g/mol. The molecule has 0 atom stereocenters. The third-order valence-corrected chi connectivity index (χ3v) is 8.82. The van der Waals surface area contributed by atoms with Crippen LogP contribution in [0.25, 0.3) is 11.4 Å². The van der Waals surface area contributed by atoms with Gasteiger partial charge in [0.15, 0.2) is 5.82 Å². The molecule has 4 aromatic rings. The fourth-order valence-electron chi connectivity index (χ4n) is 5.96. The first-order chi connectivity index (χ1) is 23.4. The van der Waals surface area contributed by atoms with Crippen molar-refractivity contribution in [1.29, 1.82) is 0 Å². The van der Waals surface area contributed by atoms with Crippen molar-refractivity contribution in [3.05, 3.63) is 80.3 Å². The standard InChI is InChI=1S/C32H32ClF3N8O5/c1-3-24-26(41-10-12-42(13-11-41)29(47)21-6-9-37-18(2)27(21)46)30(48)44-31(39-28(40-44)19-7-14-49-15-8-19)43(24)17-25(45)38-23-5-4-20(16-22(23)33)32(34,35)36/h4-7,9,16,46H,3,8,10-15,17H2,1-2H3,(H,38,45). The number of alkyl halides is 3. The smallest absolute Gasteiger partial charge is 0.416 e. The zero-order valence-corrected chi connectivity index (χ0v) is 27.3. The highest BCUT2D eigenvalue weighted by atomic mass is 35.5. The van der Waals surface area contributed by atoms with Crippen molar-refractivity contribution in [2.75, 3.05) is 49.6 Å². The van der Waals surface area contributed by atoms with Crippen LogP contribution in [0.2, 0.25) is 5.02 Å². The Morgan fingerprint density at radius 1 is 1.14 bits per heavy atom. The van der Waals surface area contributed by atoms with E-state index in [4.69, 9.17) is 16.3 Å². The van der Waals surface area contributed by atoms with Crippen LogP contribution in [0.4, 0.5) is 24.5 Å². The van der Waals surface area contributed by atoms with Crippen molar-refractivity contribution >= 4 is 46.1 Å². The minimum atomic E-state index is -4.61. The number of aromatic nitrogens is 5. The third-order valence-electron chi connectivity index (χ3n) is 8.50. The number of carbonyl (C=O) groups is 2. The van der Waals surface area contributed by atoms with Gasteiger partial charge in [-0.2, -0.15) is 22.7 Å². The fourth-order valence-corrected chi connectivity index (χ4v) is 6.18. The van der Waals surface area contributed by atoms with E-state index in [0.717, 1.165) is 28.3 Å². The predicted molar refractivity (Wildman–Crippen MR) is 174 cm³/mol. The molecule has 2 aliphatic rings. The summed E-state index contributed by atoms with van der Waals surface area (Å²) in [5.41, 5.74) is 0.584. The number of amides is 2. The van der Waals surface area contributed by atoms with Crippen molar-refractivity contribution in [3.63, 3.8) is 0 Å². The Morgan fingerprint density at radius 3 is 2.55 bits per heavy atom. The maximum absolute atomic E-state index is 14.1. The Bertz CT molecular complexity index is 2040. The van der Waals surface area contributed by atoms with E-state index in [2.05, 4.69) is 20.4 Å². The molecule has 6 rings (SSSR count). The summed E-state index contributed by atoms with van der Waals surface area (Å²) in [7, 11) is 0. The third kappa shape index (κ3) is 6.70. The summed E-state index contributed by atoms with van der Waals surface area (Å²) < 4.78 is 47.6. The Balaban J connectivity index is 1.35. The number of benzene rings is 1. The maximum Gasteiger partial charge on any atom is 0.416 e. The fraction of sp³-hybridized carbons (Fsp3) is 0.375. The summed E-state index contributed by atoms with van der Waals surface area (Å²) >= 11 is 6.11. The Labute approximate surface area is 282 Å². The lowest BCUT2D eigenvalue weighted by molar-refractivity contribution is -0.137. The van der Waals surface area contributed by atoms with Crippen molar-refractivity contribution in [2.24, 2.45) is 0 Å². The Kier molecular flexibility index (Phi) is 9.35. The van der Waals surface area contributed by atoms with E-state index < -0.39 is 23.2 Å². The summed E-state index contributed by atoms with van der Waals surface area (Å²) in [4.78, 5) is 52.9. The van der Waals surface area contributed by atoms with Gasteiger partial charge in [-0.05, 0) is 49.6 Å². The van der Waals surface area contributed by atoms with E-state index in [-0.39, 0.29) is 72.1 Å². The van der Waals surface area contributed by atoms with Gasteiger partial charge in [-0.25, -0.2) is 0 Å². The molecular formula is C32H32ClF3N8O5. The molecule has 1 aromatic carbocycles. The molecule has 2 N–H and O–H groups in total. The molecule has 258 valence electrons. The van der Waals surface area contributed by atoms with Gasteiger partial charge in [0, 0.05) is 32.4 Å². The number of halogens is 4. The zero-order chi connectivity index (χ0) is 35.0. The molecule has 2 aliphatic heterocycles. The lowest BCUT2D eigenvalue weighted by atomic mass is 10.1. The summed E-state index contributed by atoms with van der Waals surface area (Å²) in [5, 5.41) is 17.2. The van der Waals surface area contributed by atoms with Crippen LogP contribution < -0.4 is 15.8 Å². The second-order valence-electron chi connectivity index (χ2n) is 11.6. The molecule has 49 heavy (non-hydrogen) atoms. The normalized spacial score (nSPS) is 15.4. The number of aromatic hydroxyl groups is 1. The molecule has 17 heteroatoms. The maximum atomic E-state index is 14.1. The minimum Gasteiger partial charge on any atom is -0.505 e. The molecule has 0 bridgehead atoms. The van der Waals surface area contributed by atoms with E-state index >= 15 is 0 Å². The van der Waals surface area contributed by atoms with Crippen molar-refractivity contribution in [3.8, 4) is 5.75 Å². The Hall–Kier alpha value is -4.96. The first-order valence-electron chi connectivity index (χ1n) is 15.5. The largest absolute Gasteiger partial charge is 0.505 e.